The molecule has 0 aromatic heterocycles. The fourth-order valence-electron chi connectivity index (χ4n) is 1.51. The number of halogens is 1. The third kappa shape index (κ3) is 15.9. The van der Waals surface area contributed by atoms with Gasteiger partial charge < -0.3 is 10.2 Å². The molecule has 0 rings (SSSR count). The van der Waals surface area contributed by atoms with Gasteiger partial charge in [0.2, 0.25) is 8.32 Å². The first kappa shape index (κ1) is 19.3. The summed E-state index contributed by atoms with van der Waals surface area (Å²) in [5.74, 6) is -0.0128. The van der Waals surface area contributed by atoms with Crippen molar-refractivity contribution in [1.29, 1.82) is 0 Å². The van der Waals surface area contributed by atoms with Gasteiger partial charge in [0.05, 0.1) is 0 Å². The molecule has 0 saturated heterocycles. The van der Waals surface area contributed by atoms with Crippen molar-refractivity contribution in [2.75, 3.05) is 6.54 Å². The average molecular weight is 282 g/mol. The van der Waals surface area contributed by atoms with Crippen molar-refractivity contribution in [3.63, 3.8) is 0 Å². The Morgan fingerprint density at radius 1 is 1.00 bits per heavy atom. The minimum atomic E-state index is -1.67. The maximum atomic E-state index is 11.4. The molecular weight excluding hydrogens is 254 g/mol. The Kier molecular flexibility index (Phi) is 12.5. The lowest BCUT2D eigenvalue weighted by molar-refractivity contribution is -0.135. The summed E-state index contributed by atoms with van der Waals surface area (Å²) < 4.78 is 5.37. The summed E-state index contributed by atoms with van der Waals surface area (Å²) in [6.45, 7) is 6.91. The van der Waals surface area contributed by atoms with Crippen LogP contribution in [0.4, 0.5) is 0 Å². The zero-order valence-electron chi connectivity index (χ0n) is 11.5. The second kappa shape index (κ2) is 11.1. The zero-order chi connectivity index (χ0) is 12.4. The minimum Gasteiger partial charge on any atom is -0.520 e. The van der Waals surface area contributed by atoms with Crippen LogP contribution in [0.1, 0.15) is 44.9 Å². The fraction of sp³-hybridized carbons (Fsp3) is 0.917. The monoisotopic (exact) mass is 281 g/mol. The van der Waals surface area contributed by atoms with E-state index in [1.165, 1.54) is 19.3 Å². The molecule has 0 bridgehead atoms. The zero-order valence-corrected chi connectivity index (χ0v) is 13.3. The molecule has 0 aromatic carbocycles. The molecule has 0 aliphatic heterocycles. The second-order valence-electron chi connectivity index (χ2n) is 5.25. The lowest BCUT2D eigenvalue weighted by Gasteiger charge is -2.17. The van der Waals surface area contributed by atoms with Gasteiger partial charge in [-0.3, -0.25) is 4.79 Å². The van der Waals surface area contributed by atoms with Gasteiger partial charge in [0.25, 0.3) is 5.97 Å². The maximum Gasteiger partial charge on any atom is 0.292 e. The number of carbonyl (C=O) groups excluding carboxylic acids is 1. The van der Waals surface area contributed by atoms with Crippen molar-refractivity contribution in [1.82, 2.24) is 0 Å². The normalized spacial score (nSPS) is 10.8. The molecule has 5 heteroatoms. The Hall–Kier alpha value is -0.0631. The van der Waals surface area contributed by atoms with E-state index < -0.39 is 8.32 Å². The quantitative estimate of drug-likeness (QED) is 0.520. The van der Waals surface area contributed by atoms with Crippen molar-refractivity contribution in [2.45, 2.75) is 64.6 Å². The van der Waals surface area contributed by atoms with Crippen LogP contribution in [0.5, 0.6) is 0 Å². The van der Waals surface area contributed by atoms with Gasteiger partial charge in [-0.1, -0.05) is 25.7 Å². The van der Waals surface area contributed by atoms with Crippen LogP contribution >= 0.6 is 12.4 Å². The Labute approximate surface area is 113 Å². The van der Waals surface area contributed by atoms with Crippen LogP contribution in [0.25, 0.3) is 0 Å². The standard InChI is InChI=1S/C12H27NO2Si.ClH/c1-16(2,3)15-12(14)10-8-6-4-5-7-9-11-13;/h4-11,13H2,1-3H3;1H. The van der Waals surface area contributed by atoms with Crippen LogP contribution in [0.2, 0.25) is 19.6 Å². The molecule has 0 unspecified atom stereocenters. The lowest BCUT2D eigenvalue weighted by Crippen LogP contribution is -2.28. The molecule has 0 saturated carbocycles. The predicted octanol–water partition coefficient (Wildman–Crippen LogP) is 3.48. The number of unbranched alkanes of at least 4 members (excludes halogenated alkanes) is 5. The molecule has 104 valence electrons. The van der Waals surface area contributed by atoms with E-state index in [0.29, 0.717) is 6.42 Å². The van der Waals surface area contributed by atoms with Crippen LogP contribution in [0.15, 0.2) is 0 Å². The van der Waals surface area contributed by atoms with E-state index in [1.54, 1.807) is 0 Å². The van der Waals surface area contributed by atoms with E-state index in [1.807, 2.05) is 19.6 Å². The second-order valence-corrected chi connectivity index (χ2v) is 9.68. The summed E-state index contributed by atoms with van der Waals surface area (Å²) in [6.07, 6.45) is 7.46. The highest BCUT2D eigenvalue weighted by atomic mass is 35.5. The molecule has 0 fully saturated rings. The van der Waals surface area contributed by atoms with E-state index in [2.05, 4.69) is 0 Å². The summed E-state index contributed by atoms with van der Waals surface area (Å²) in [4.78, 5) is 11.4. The summed E-state index contributed by atoms with van der Waals surface area (Å²) in [5.41, 5.74) is 5.41. The first-order valence-corrected chi connectivity index (χ1v) is 9.78. The Bertz CT molecular complexity index is 195. The van der Waals surface area contributed by atoms with Crippen LogP contribution in [0.3, 0.4) is 0 Å². The van der Waals surface area contributed by atoms with Crippen LogP contribution in [0, 0.1) is 0 Å². The van der Waals surface area contributed by atoms with Crippen molar-refractivity contribution < 1.29 is 9.22 Å². The molecule has 3 nitrogen and oxygen atoms in total. The number of hydrogen-bond donors (Lipinski definition) is 1. The molecule has 0 spiro atoms. The minimum absolute atomic E-state index is 0. The number of nitrogens with two attached hydrogens (primary N) is 1. The van der Waals surface area contributed by atoms with Gasteiger partial charge in [-0.05, 0) is 39.0 Å². The van der Waals surface area contributed by atoms with Gasteiger partial charge in [0, 0.05) is 6.42 Å². The van der Waals surface area contributed by atoms with Gasteiger partial charge in [0.1, 0.15) is 0 Å². The number of hydrogen-bond acceptors (Lipinski definition) is 3. The van der Waals surface area contributed by atoms with Crippen LogP contribution in [-0.2, 0) is 9.22 Å². The topological polar surface area (TPSA) is 52.3 Å². The van der Waals surface area contributed by atoms with Crippen LogP contribution < -0.4 is 5.73 Å². The van der Waals surface area contributed by atoms with E-state index >= 15 is 0 Å². The van der Waals surface area contributed by atoms with Crippen molar-refractivity contribution >= 4 is 26.7 Å². The van der Waals surface area contributed by atoms with E-state index in [0.717, 1.165) is 25.8 Å². The van der Waals surface area contributed by atoms with Crippen molar-refractivity contribution in [3.8, 4) is 0 Å². The highest BCUT2D eigenvalue weighted by Crippen LogP contribution is 2.10. The van der Waals surface area contributed by atoms with Gasteiger partial charge in [-0.25, -0.2) is 0 Å². The average Bonchev–Trinajstić information content (AvgIpc) is 2.13. The molecule has 0 atom stereocenters. The van der Waals surface area contributed by atoms with Gasteiger partial charge >= 0.3 is 0 Å². The first-order chi connectivity index (χ1) is 7.45. The van der Waals surface area contributed by atoms with Crippen molar-refractivity contribution in [3.05, 3.63) is 0 Å². The highest BCUT2D eigenvalue weighted by molar-refractivity contribution is 6.71. The fourth-order valence-corrected chi connectivity index (χ4v) is 2.30. The molecule has 2 N–H and O–H groups in total. The smallest absolute Gasteiger partial charge is 0.292 e. The molecule has 17 heavy (non-hydrogen) atoms. The summed E-state index contributed by atoms with van der Waals surface area (Å²) in [5, 5.41) is 0. The third-order valence-electron chi connectivity index (χ3n) is 2.26. The molecular formula is C12H28ClNO2Si. The molecule has 0 heterocycles. The van der Waals surface area contributed by atoms with Crippen LogP contribution in [-0.4, -0.2) is 20.8 Å². The number of rotatable bonds is 9. The molecule has 0 aromatic rings. The Morgan fingerprint density at radius 3 is 1.94 bits per heavy atom. The third-order valence-corrected chi connectivity index (χ3v) is 3.10. The summed E-state index contributed by atoms with van der Waals surface area (Å²) in [6, 6.07) is 0. The largest absolute Gasteiger partial charge is 0.520 e. The lowest BCUT2D eigenvalue weighted by atomic mass is 10.1. The molecule has 0 amide bonds. The maximum absolute atomic E-state index is 11.4. The number of carbonyl (C=O) groups is 1. The first-order valence-electron chi connectivity index (χ1n) is 6.37. The molecule has 0 radical (unpaired) electrons. The highest BCUT2D eigenvalue weighted by Gasteiger charge is 2.19. The van der Waals surface area contributed by atoms with E-state index in [9.17, 15) is 4.79 Å². The predicted molar refractivity (Wildman–Crippen MR) is 78.1 cm³/mol. The van der Waals surface area contributed by atoms with Gasteiger partial charge in [-0.15, -0.1) is 12.4 Å². The van der Waals surface area contributed by atoms with E-state index in [4.69, 9.17) is 10.2 Å². The Balaban J connectivity index is 0. The van der Waals surface area contributed by atoms with Gasteiger partial charge in [-0.2, -0.15) is 0 Å². The van der Waals surface area contributed by atoms with E-state index in [-0.39, 0.29) is 18.4 Å². The van der Waals surface area contributed by atoms with Gasteiger partial charge in [0.15, 0.2) is 0 Å². The SMILES string of the molecule is C[Si](C)(C)OC(=O)CCCCCCCCN.Cl. The summed E-state index contributed by atoms with van der Waals surface area (Å²) in [7, 11) is -1.67. The summed E-state index contributed by atoms with van der Waals surface area (Å²) >= 11 is 0. The molecule has 0 aliphatic carbocycles. The Morgan fingerprint density at radius 2 is 1.47 bits per heavy atom. The molecule has 0 aliphatic rings. The van der Waals surface area contributed by atoms with Crippen molar-refractivity contribution in [2.24, 2.45) is 5.73 Å².